The second kappa shape index (κ2) is 7.54. The Bertz CT molecular complexity index is 1000. The van der Waals surface area contributed by atoms with Crippen molar-refractivity contribution in [3.8, 4) is 5.75 Å². The van der Waals surface area contributed by atoms with E-state index in [1.165, 1.54) is 11.3 Å². The Labute approximate surface area is 161 Å². The van der Waals surface area contributed by atoms with Gasteiger partial charge in [0, 0.05) is 49.2 Å². The van der Waals surface area contributed by atoms with Crippen LogP contribution in [0, 0.1) is 0 Å². The van der Waals surface area contributed by atoms with Crippen LogP contribution < -0.4 is 10.3 Å². The molecule has 140 valence electrons. The summed E-state index contributed by atoms with van der Waals surface area (Å²) in [5.41, 5.74) is 1.47. The van der Waals surface area contributed by atoms with Crippen molar-refractivity contribution in [3.05, 3.63) is 62.6 Å². The Morgan fingerprint density at radius 3 is 2.70 bits per heavy atom. The molecule has 7 heteroatoms. The third-order valence-corrected chi connectivity index (χ3v) is 5.77. The minimum Gasteiger partial charge on any atom is -0.497 e. The van der Waals surface area contributed by atoms with Gasteiger partial charge in [0.05, 0.1) is 12.0 Å². The Morgan fingerprint density at radius 1 is 1.19 bits per heavy atom. The zero-order valence-electron chi connectivity index (χ0n) is 15.1. The molecule has 0 aliphatic carbocycles. The van der Waals surface area contributed by atoms with E-state index in [0.29, 0.717) is 19.6 Å². The molecule has 0 saturated carbocycles. The second-order valence-electron chi connectivity index (χ2n) is 6.62. The number of carbonyl (C=O) groups excluding carboxylic acids is 1. The van der Waals surface area contributed by atoms with Crippen LogP contribution in [0.2, 0.25) is 0 Å². The van der Waals surface area contributed by atoms with Crippen molar-refractivity contribution < 1.29 is 9.53 Å². The van der Waals surface area contributed by atoms with Gasteiger partial charge in [-0.3, -0.25) is 14.5 Å². The number of pyridine rings is 1. The van der Waals surface area contributed by atoms with Gasteiger partial charge in [0.15, 0.2) is 0 Å². The highest BCUT2D eigenvalue weighted by Gasteiger charge is 2.23. The topological polar surface area (TPSA) is 65.6 Å². The summed E-state index contributed by atoms with van der Waals surface area (Å²) in [5, 5.41) is 2.88. The van der Waals surface area contributed by atoms with E-state index in [4.69, 9.17) is 4.74 Å². The molecule has 1 aromatic carbocycles. The predicted molar refractivity (Wildman–Crippen MR) is 107 cm³/mol. The Hall–Kier alpha value is -2.64. The van der Waals surface area contributed by atoms with Crippen molar-refractivity contribution in [1.29, 1.82) is 0 Å². The largest absolute Gasteiger partial charge is 0.497 e. The van der Waals surface area contributed by atoms with Gasteiger partial charge in [-0.15, -0.1) is 11.3 Å². The van der Waals surface area contributed by atoms with Gasteiger partial charge in [-0.1, -0.05) is 6.07 Å². The molecule has 0 atom stereocenters. The second-order valence-corrected chi connectivity index (χ2v) is 7.57. The van der Waals surface area contributed by atoms with Crippen molar-refractivity contribution >= 4 is 28.1 Å². The number of carbonyl (C=O) groups is 1. The van der Waals surface area contributed by atoms with Crippen LogP contribution in [0.1, 0.15) is 15.2 Å². The zero-order valence-corrected chi connectivity index (χ0v) is 15.9. The van der Waals surface area contributed by atoms with E-state index in [-0.39, 0.29) is 11.5 Å². The first-order chi connectivity index (χ1) is 13.1. The fourth-order valence-electron chi connectivity index (χ4n) is 3.38. The van der Waals surface area contributed by atoms with Crippen LogP contribution in [0.15, 0.2) is 46.6 Å². The van der Waals surface area contributed by atoms with E-state index in [9.17, 15) is 9.59 Å². The van der Waals surface area contributed by atoms with Crippen molar-refractivity contribution in [2.24, 2.45) is 0 Å². The first-order valence-corrected chi connectivity index (χ1v) is 9.77. The molecule has 3 heterocycles. The Balaban J connectivity index is 1.45. The molecule has 0 spiro atoms. The quantitative estimate of drug-likeness (QED) is 0.752. The molecule has 2 aromatic heterocycles. The lowest BCUT2D eigenvalue weighted by Gasteiger charge is -2.34. The third-order valence-electron chi connectivity index (χ3n) is 4.91. The first-order valence-electron chi connectivity index (χ1n) is 8.89. The molecule has 1 N–H and O–H groups in total. The third kappa shape index (κ3) is 3.74. The highest BCUT2D eigenvalue weighted by atomic mass is 32.1. The van der Waals surface area contributed by atoms with Crippen molar-refractivity contribution in [3.63, 3.8) is 0 Å². The average Bonchev–Trinajstić information content (AvgIpc) is 3.23. The molecule has 1 aliphatic rings. The van der Waals surface area contributed by atoms with Gasteiger partial charge in [-0.2, -0.15) is 0 Å². The summed E-state index contributed by atoms with van der Waals surface area (Å²) < 4.78 is 5.27. The summed E-state index contributed by atoms with van der Waals surface area (Å²) in [4.78, 5) is 32.7. The molecule has 6 nitrogen and oxygen atoms in total. The van der Waals surface area contributed by atoms with Gasteiger partial charge in [0.1, 0.15) is 5.75 Å². The standard InChI is InChI=1S/C20H21N3O3S/c1-26-16-4-5-17-14(12-16)11-15(19(24)21-17)13-22-6-8-23(9-7-22)20(25)18-3-2-10-27-18/h2-5,10-12H,6-9,13H2,1H3,(H,21,24). The van der Waals surface area contributed by atoms with Crippen LogP contribution >= 0.6 is 11.3 Å². The predicted octanol–water partition coefficient (Wildman–Crippen LogP) is 2.56. The average molecular weight is 383 g/mol. The van der Waals surface area contributed by atoms with Crippen LogP contribution in [0.4, 0.5) is 0 Å². The molecule has 1 amide bonds. The number of aromatic nitrogens is 1. The van der Waals surface area contributed by atoms with E-state index in [2.05, 4.69) is 9.88 Å². The van der Waals surface area contributed by atoms with Crippen molar-refractivity contribution in [2.75, 3.05) is 33.3 Å². The fourth-order valence-corrected chi connectivity index (χ4v) is 4.07. The molecule has 3 aromatic rings. The van der Waals surface area contributed by atoms with Gasteiger partial charge < -0.3 is 14.6 Å². The van der Waals surface area contributed by atoms with Crippen LogP contribution in [-0.2, 0) is 6.54 Å². The summed E-state index contributed by atoms with van der Waals surface area (Å²) in [7, 11) is 1.63. The minimum atomic E-state index is -0.0650. The summed E-state index contributed by atoms with van der Waals surface area (Å²) >= 11 is 1.47. The molecule has 0 radical (unpaired) electrons. The van der Waals surface area contributed by atoms with Gasteiger partial charge >= 0.3 is 0 Å². The Kier molecular flexibility index (Phi) is 4.96. The number of amides is 1. The number of H-pyrrole nitrogens is 1. The molecule has 4 rings (SSSR count). The maximum absolute atomic E-state index is 12.4. The molecular formula is C20H21N3O3S. The lowest BCUT2D eigenvalue weighted by Crippen LogP contribution is -2.48. The summed E-state index contributed by atoms with van der Waals surface area (Å²) in [5.74, 6) is 0.863. The number of piperazine rings is 1. The molecule has 0 unspecified atom stereocenters. The number of fused-ring (bicyclic) bond motifs is 1. The van der Waals surface area contributed by atoms with Gasteiger partial charge in [0.2, 0.25) is 0 Å². The van der Waals surface area contributed by atoms with Crippen LogP contribution in [-0.4, -0.2) is 54.0 Å². The summed E-state index contributed by atoms with van der Waals surface area (Å²) in [6, 6.07) is 11.3. The maximum atomic E-state index is 12.4. The van der Waals surface area contributed by atoms with E-state index in [1.54, 1.807) is 7.11 Å². The number of benzene rings is 1. The van der Waals surface area contributed by atoms with Crippen LogP contribution in [0.5, 0.6) is 5.75 Å². The highest BCUT2D eigenvalue weighted by Crippen LogP contribution is 2.20. The fraction of sp³-hybridized carbons (Fsp3) is 0.300. The van der Waals surface area contributed by atoms with Gasteiger partial charge in [-0.05, 0) is 35.7 Å². The van der Waals surface area contributed by atoms with E-state index in [1.807, 2.05) is 46.7 Å². The lowest BCUT2D eigenvalue weighted by molar-refractivity contribution is 0.0633. The molecule has 1 fully saturated rings. The summed E-state index contributed by atoms with van der Waals surface area (Å²) in [6.07, 6.45) is 0. The lowest BCUT2D eigenvalue weighted by atomic mass is 10.1. The highest BCUT2D eigenvalue weighted by molar-refractivity contribution is 7.12. The van der Waals surface area contributed by atoms with E-state index >= 15 is 0 Å². The smallest absolute Gasteiger partial charge is 0.264 e. The molecule has 0 bridgehead atoms. The van der Waals surface area contributed by atoms with Gasteiger partial charge in [0.25, 0.3) is 11.5 Å². The number of hydrogen-bond donors (Lipinski definition) is 1. The van der Waals surface area contributed by atoms with Crippen LogP contribution in [0.25, 0.3) is 10.9 Å². The normalized spacial score (nSPS) is 15.2. The first kappa shape index (κ1) is 17.8. The van der Waals surface area contributed by atoms with E-state index in [0.717, 1.165) is 40.2 Å². The summed E-state index contributed by atoms with van der Waals surface area (Å²) in [6.45, 7) is 3.44. The number of rotatable bonds is 4. The SMILES string of the molecule is COc1ccc2[nH]c(=O)c(CN3CCN(C(=O)c4cccs4)CC3)cc2c1. The van der Waals surface area contributed by atoms with Crippen molar-refractivity contribution in [2.45, 2.75) is 6.54 Å². The monoisotopic (exact) mass is 383 g/mol. The maximum Gasteiger partial charge on any atom is 0.264 e. The number of thiophene rings is 1. The number of hydrogen-bond acceptors (Lipinski definition) is 5. The number of methoxy groups -OCH3 is 1. The zero-order chi connectivity index (χ0) is 18.8. The molecular weight excluding hydrogens is 362 g/mol. The minimum absolute atomic E-state index is 0.0650. The van der Waals surface area contributed by atoms with E-state index < -0.39 is 0 Å². The van der Waals surface area contributed by atoms with Gasteiger partial charge in [-0.25, -0.2) is 0 Å². The Morgan fingerprint density at radius 2 is 2.00 bits per heavy atom. The molecule has 1 aliphatic heterocycles. The number of aromatic amines is 1. The van der Waals surface area contributed by atoms with Crippen molar-refractivity contribution in [1.82, 2.24) is 14.8 Å². The number of nitrogens with one attached hydrogen (secondary N) is 1. The molecule has 1 saturated heterocycles. The molecule has 27 heavy (non-hydrogen) atoms. The number of nitrogens with zero attached hydrogens (tertiary/aromatic N) is 2. The van der Waals surface area contributed by atoms with Crippen LogP contribution in [0.3, 0.4) is 0 Å². The number of ether oxygens (including phenoxy) is 1.